The zero-order valence-corrected chi connectivity index (χ0v) is 10.9. The Morgan fingerprint density at radius 3 is 2.18 bits per heavy atom. The van der Waals surface area contributed by atoms with Crippen molar-refractivity contribution in [1.82, 2.24) is 0 Å². The molecule has 0 aliphatic heterocycles. The summed E-state index contributed by atoms with van der Waals surface area (Å²) in [5.74, 6) is 0.227. The highest BCUT2D eigenvalue weighted by Crippen LogP contribution is 2.07. The van der Waals surface area contributed by atoms with E-state index in [-0.39, 0.29) is 17.7 Å². The molecule has 0 saturated heterocycles. The van der Waals surface area contributed by atoms with Crippen LogP contribution in [-0.2, 0) is 14.3 Å². The molecule has 17 heavy (non-hydrogen) atoms. The number of ketones is 2. The first-order valence-electron chi connectivity index (χ1n) is 6.26. The molecule has 0 heterocycles. The van der Waals surface area contributed by atoms with Crippen LogP contribution in [0.3, 0.4) is 0 Å². The van der Waals surface area contributed by atoms with Crippen molar-refractivity contribution in [3.63, 3.8) is 0 Å². The number of rotatable bonds is 11. The maximum Gasteiger partial charge on any atom is 0.135 e. The Morgan fingerprint density at radius 1 is 1.06 bits per heavy atom. The third-order valence-corrected chi connectivity index (χ3v) is 2.60. The largest absolute Gasteiger partial charge is 0.393 e. The van der Waals surface area contributed by atoms with Crippen molar-refractivity contribution in [2.24, 2.45) is 0 Å². The smallest absolute Gasteiger partial charge is 0.135 e. The molecule has 1 N–H and O–H groups in total. The molecule has 1 atom stereocenters. The standard InChI is InChI=1S/C13H24O4/c1-11(14)5-3-4-6-12(15)7-8-13(16)9-10-17-2/h11,14H,3-10H2,1-2H3. The highest BCUT2D eigenvalue weighted by molar-refractivity contribution is 5.85. The van der Waals surface area contributed by atoms with Crippen LogP contribution < -0.4 is 0 Å². The molecule has 0 aliphatic carbocycles. The topological polar surface area (TPSA) is 63.6 Å². The van der Waals surface area contributed by atoms with Crippen LogP contribution in [0, 0.1) is 0 Å². The van der Waals surface area contributed by atoms with Crippen LogP contribution in [0.1, 0.15) is 51.9 Å². The second-order valence-corrected chi connectivity index (χ2v) is 4.41. The first-order chi connectivity index (χ1) is 8.06. The number of aliphatic hydroxyl groups excluding tert-OH is 1. The van der Waals surface area contributed by atoms with Gasteiger partial charge in [-0.05, 0) is 19.8 Å². The summed E-state index contributed by atoms with van der Waals surface area (Å²) >= 11 is 0. The molecule has 0 radical (unpaired) electrons. The van der Waals surface area contributed by atoms with Crippen LogP contribution in [0.2, 0.25) is 0 Å². The van der Waals surface area contributed by atoms with Crippen LogP contribution >= 0.6 is 0 Å². The van der Waals surface area contributed by atoms with E-state index in [9.17, 15) is 9.59 Å². The van der Waals surface area contributed by atoms with Crippen LogP contribution in [0.5, 0.6) is 0 Å². The average Bonchev–Trinajstić information content (AvgIpc) is 2.29. The molecular weight excluding hydrogens is 220 g/mol. The molecule has 0 rings (SSSR count). The van der Waals surface area contributed by atoms with E-state index in [2.05, 4.69) is 0 Å². The number of aliphatic hydroxyl groups is 1. The molecule has 1 unspecified atom stereocenters. The van der Waals surface area contributed by atoms with Crippen molar-refractivity contribution in [2.75, 3.05) is 13.7 Å². The van der Waals surface area contributed by atoms with Crippen molar-refractivity contribution in [3.05, 3.63) is 0 Å². The average molecular weight is 244 g/mol. The van der Waals surface area contributed by atoms with Crippen molar-refractivity contribution >= 4 is 11.6 Å². The molecule has 4 heteroatoms. The highest BCUT2D eigenvalue weighted by Gasteiger charge is 2.07. The van der Waals surface area contributed by atoms with E-state index in [1.165, 1.54) is 0 Å². The summed E-state index contributed by atoms with van der Waals surface area (Å²) in [5, 5.41) is 9.03. The molecule has 100 valence electrons. The van der Waals surface area contributed by atoms with Gasteiger partial charge >= 0.3 is 0 Å². The monoisotopic (exact) mass is 244 g/mol. The fourth-order valence-corrected chi connectivity index (χ4v) is 1.51. The molecule has 4 nitrogen and oxygen atoms in total. The predicted octanol–water partition coefficient (Wildman–Crippen LogP) is 1.88. The van der Waals surface area contributed by atoms with Gasteiger partial charge in [0.15, 0.2) is 0 Å². The van der Waals surface area contributed by atoms with E-state index in [4.69, 9.17) is 9.84 Å². The summed E-state index contributed by atoms with van der Waals surface area (Å²) in [5.41, 5.74) is 0. The van der Waals surface area contributed by atoms with E-state index in [0.29, 0.717) is 32.3 Å². The van der Waals surface area contributed by atoms with E-state index in [0.717, 1.165) is 19.3 Å². The summed E-state index contributed by atoms with van der Waals surface area (Å²) in [6.07, 6.45) is 3.70. The third kappa shape index (κ3) is 11.5. The molecule has 0 saturated carbocycles. The summed E-state index contributed by atoms with van der Waals surface area (Å²) in [7, 11) is 1.56. The number of carbonyl (C=O) groups excluding carboxylic acids is 2. The molecule has 0 aliphatic rings. The maximum absolute atomic E-state index is 11.4. The van der Waals surface area contributed by atoms with Gasteiger partial charge in [-0.25, -0.2) is 0 Å². The normalized spacial score (nSPS) is 12.4. The van der Waals surface area contributed by atoms with Crippen molar-refractivity contribution in [1.29, 1.82) is 0 Å². The number of hydrogen-bond acceptors (Lipinski definition) is 4. The lowest BCUT2D eigenvalue weighted by Gasteiger charge is -2.03. The number of Topliss-reactive ketones (excluding diaryl/α,β-unsaturated/α-hetero) is 2. The second kappa shape index (κ2) is 10.4. The Bertz CT molecular complexity index is 223. The molecule has 0 amide bonds. The fourth-order valence-electron chi connectivity index (χ4n) is 1.51. The summed E-state index contributed by atoms with van der Waals surface area (Å²) in [4.78, 5) is 22.7. The van der Waals surface area contributed by atoms with Gasteiger partial charge in [0, 0.05) is 32.8 Å². The lowest BCUT2D eigenvalue weighted by Crippen LogP contribution is -2.07. The van der Waals surface area contributed by atoms with Gasteiger partial charge in [-0.3, -0.25) is 9.59 Å². The lowest BCUT2D eigenvalue weighted by atomic mass is 10.0. The minimum Gasteiger partial charge on any atom is -0.393 e. The van der Waals surface area contributed by atoms with Gasteiger partial charge in [0.2, 0.25) is 0 Å². The number of unbranched alkanes of at least 4 members (excludes halogenated alkanes) is 1. The molecule has 0 aromatic heterocycles. The highest BCUT2D eigenvalue weighted by atomic mass is 16.5. The molecule has 0 spiro atoms. The number of methoxy groups -OCH3 is 1. The summed E-state index contributed by atoms with van der Waals surface area (Å²) in [6.45, 7) is 2.18. The van der Waals surface area contributed by atoms with Gasteiger partial charge < -0.3 is 9.84 Å². The van der Waals surface area contributed by atoms with Crippen molar-refractivity contribution in [3.8, 4) is 0 Å². The van der Waals surface area contributed by atoms with Gasteiger partial charge in [-0.1, -0.05) is 6.42 Å². The first-order valence-corrected chi connectivity index (χ1v) is 6.26. The Kier molecular flexibility index (Phi) is 9.96. The lowest BCUT2D eigenvalue weighted by molar-refractivity contribution is -0.124. The molecule has 0 fully saturated rings. The Morgan fingerprint density at radius 2 is 1.65 bits per heavy atom. The van der Waals surface area contributed by atoms with Crippen LogP contribution in [0.25, 0.3) is 0 Å². The Balaban J connectivity index is 3.43. The van der Waals surface area contributed by atoms with Crippen LogP contribution in [0.15, 0.2) is 0 Å². The van der Waals surface area contributed by atoms with Gasteiger partial charge in [0.25, 0.3) is 0 Å². The number of hydrogen-bond donors (Lipinski definition) is 1. The minimum atomic E-state index is -0.291. The van der Waals surface area contributed by atoms with Crippen molar-refractivity contribution in [2.45, 2.75) is 58.0 Å². The summed E-state index contributed by atoms with van der Waals surface area (Å²) < 4.78 is 4.79. The Labute approximate surface area is 103 Å². The van der Waals surface area contributed by atoms with Gasteiger partial charge in [0.1, 0.15) is 11.6 Å². The minimum absolute atomic E-state index is 0.0872. The van der Waals surface area contributed by atoms with Crippen LogP contribution in [-0.4, -0.2) is 36.5 Å². The second-order valence-electron chi connectivity index (χ2n) is 4.41. The van der Waals surface area contributed by atoms with Gasteiger partial charge in [0.05, 0.1) is 12.7 Å². The Hall–Kier alpha value is -0.740. The van der Waals surface area contributed by atoms with E-state index in [1.807, 2.05) is 0 Å². The van der Waals surface area contributed by atoms with Crippen LogP contribution in [0.4, 0.5) is 0 Å². The first kappa shape index (κ1) is 16.3. The van der Waals surface area contributed by atoms with Crippen molar-refractivity contribution < 1.29 is 19.4 Å². The zero-order chi connectivity index (χ0) is 13.1. The predicted molar refractivity (Wildman–Crippen MR) is 65.9 cm³/mol. The van der Waals surface area contributed by atoms with E-state index in [1.54, 1.807) is 14.0 Å². The number of carbonyl (C=O) groups is 2. The van der Waals surface area contributed by atoms with Gasteiger partial charge in [-0.2, -0.15) is 0 Å². The SMILES string of the molecule is COCCC(=O)CCC(=O)CCCCC(C)O. The molecule has 0 aromatic rings. The summed E-state index contributed by atoms with van der Waals surface area (Å²) in [6, 6.07) is 0. The van der Waals surface area contributed by atoms with E-state index < -0.39 is 0 Å². The third-order valence-electron chi connectivity index (χ3n) is 2.60. The van der Waals surface area contributed by atoms with Gasteiger partial charge in [-0.15, -0.1) is 0 Å². The molecule has 0 bridgehead atoms. The number of ether oxygens (including phenoxy) is 1. The van der Waals surface area contributed by atoms with E-state index >= 15 is 0 Å². The maximum atomic E-state index is 11.4. The fraction of sp³-hybridized carbons (Fsp3) is 0.846. The quantitative estimate of drug-likeness (QED) is 0.564. The molecular formula is C13H24O4. The zero-order valence-electron chi connectivity index (χ0n) is 10.9. The molecule has 0 aromatic carbocycles.